The Balaban J connectivity index is 1.68. The fourth-order valence-electron chi connectivity index (χ4n) is 2.82. The van der Waals surface area contributed by atoms with Gasteiger partial charge in [-0.15, -0.1) is 5.10 Å². The largest absolute Gasteiger partial charge is 0.408 e. The van der Waals surface area contributed by atoms with E-state index in [2.05, 4.69) is 15.4 Å². The van der Waals surface area contributed by atoms with Gasteiger partial charge in [-0.1, -0.05) is 31.0 Å². The van der Waals surface area contributed by atoms with Gasteiger partial charge in [-0.3, -0.25) is 4.79 Å². The number of rotatable bonds is 4. The number of piperazine rings is 1. The van der Waals surface area contributed by atoms with Gasteiger partial charge in [0.05, 0.1) is 5.69 Å². The molecule has 1 aliphatic rings. The Hall–Kier alpha value is -2.38. The van der Waals surface area contributed by atoms with E-state index in [1.54, 1.807) is 0 Å². The van der Waals surface area contributed by atoms with Gasteiger partial charge in [-0.2, -0.15) is 0 Å². The van der Waals surface area contributed by atoms with Gasteiger partial charge in [0.25, 0.3) is 5.91 Å². The van der Waals surface area contributed by atoms with Gasteiger partial charge in [0.15, 0.2) is 5.76 Å². The lowest BCUT2D eigenvalue weighted by Gasteiger charge is -2.33. The Bertz CT molecular complexity index is 713. The molecule has 0 bridgehead atoms. The van der Waals surface area contributed by atoms with Crippen LogP contribution in [-0.4, -0.2) is 52.3 Å². The minimum Gasteiger partial charge on any atom is -0.408 e. The maximum atomic E-state index is 12.9. The number of nitrogens with zero attached hydrogens (tertiary/aromatic N) is 5. The molecule has 0 radical (unpaired) electrons. The molecule has 0 spiro atoms. The average Bonchev–Trinajstić information content (AvgIpc) is 3.21. The van der Waals surface area contributed by atoms with Crippen molar-refractivity contribution in [2.75, 3.05) is 31.1 Å². The first-order valence-corrected chi connectivity index (χ1v) is 8.34. The van der Waals surface area contributed by atoms with Crippen molar-refractivity contribution in [3.63, 3.8) is 0 Å². The molecule has 0 unspecified atom stereocenters. The zero-order valence-corrected chi connectivity index (χ0v) is 14.6. The lowest BCUT2D eigenvalue weighted by molar-refractivity contribution is 0.0741. The highest BCUT2D eigenvalue weighted by Crippen LogP contribution is 2.24. The third kappa shape index (κ3) is 3.00. The highest BCUT2D eigenvalue weighted by atomic mass is 16.5. The molecule has 1 aliphatic heterocycles. The van der Waals surface area contributed by atoms with Crippen LogP contribution in [0.5, 0.6) is 0 Å². The van der Waals surface area contributed by atoms with E-state index in [0.29, 0.717) is 55.1 Å². The van der Waals surface area contributed by atoms with Crippen LogP contribution < -0.4 is 4.90 Å². The van der Waals surface area contributed by atoms with Crippen molar-refractivity contribution >= 4 is 11.9 Å². The first kappa shape index (κ1) is 16.5. The summed E-state index contributed by atoms with van der Waals surface area (Å²) in [6.07, 6.45) is 0.718. The molecule has 3 rings (SSSR count). The summed E-state index contributed by atoms with van der Waals surface area (Å²) in [5, 5.41) is 12.0. The normalized spacial score (nSPS) is 15.4. The van der Waals surface area contributed by atoms with E-state index in [1.165, 1.54) is 0 Å². The van der Waals surface area contributed by atoms with Gasteiger partial charge in [-0.25, -0.2) is 0 Å². The Morgan fingerprint density at radius 3 is 2.50 bits per heavy atom. The van der Waals surface area contributed by atoms with Crippen molar-refractivity contribution in [1.82, 2.24) is 20.3 Å². The number of aromatic nitrogens is 3. The lowest BCUT2D eigenvalue weighted by atomic mass is 10.0. The quantitative estimate of drug-likeness (QED) is 0.845. The molecule has 3 heterocycles. The van der Waals surface area contributed by atoms with Crippen LogP contribution in [0, 0.1) is 6.92 Å². The average molecular weight is 333 g/mol. The van der Waals surface area contributed by atoms with Gasteiger partial charge >= 0.3 is 6.01 Å². The maximum absolute atomic E-state index is 12.9. The predicted octanol–water partition coefficient (Wildman–Crippen LogP) is 2.01. The first-order valence-electron chi connectivity index (χ1n) is 8.34. The molecule has 0 atom stereocenters. The zero-order chi connectivity index (χ0) is 17.3. The minimum absolute atomic E-state index is 0.0168. The summed E-state index contributed by atoms with van der Waals surface area (Å²) in [5.41, 5.74) is 1.25. The second kappa shape index (κ2) is 6.62. The van der Waals surface area contributed by atoms with E-state index in [-0.39, 0.29) is 11.8 Å². The fraction of sp³-hybridized carbons (Fsp3) is 0.625. The lowest BCUT2D eigenvalue weighted by Crippen LogP contribution is -2.49. The monoisotopic (exact) mass is 333 g/mol. The number of amides is 1. The van der Waals surface area contributed by atoms with Crippen molar-refractivity contribution in [3.05, 3.63) is 22.9 Å². The number of aryl methyl sites for hydroxylation is 2. The maximum Gasteiger partial charge on any atom is 0.318 e. The zero-order valence-electron chi connectivity index (χ0n) is 14.6. The van der Waals surface area contributed by atoms with E-state index < -0.39 is 0 Å². The Labute approximate surface area is 140 Å². The summed E-state index contributed by atoms with van der Waals surface area (Å²) in [6.45, 7) is 10.3. The van der Waals surface area contributed by atoms with Crippen LogP contribution in [0.1, 0.15) is 54.4 Å². The van der Waals surface area contributed by atoms with Crippen LogP contribution in [0.3, 0.4) is 0 Å². The van der Waals surface area contributed by atoms with Crippen molar-refractivity contribution in [2.45, 2.75) is 40.0 Å². The number of anilines is 1. The summed E-state index contributed by atoms with van der Waals surface area (Å²) in [4.78, 5) is 16.7. The highest BCUT2D eigenvalue weighted by molar-refractivity contribution is 5.96. The third-order valence-corrected chi connectivity index (χ3v) is 4.22. The predicted molar refractivity (Wildman–Crippen MR) is 87.1 cm³/mol. The molecule has 0 aliphatic carbocycles. The summed E-state index contributed by atoms with van der Waals surface area (Å²) >= 11 is 0. The van der Waals surface area contributed by atoms with Gasteiger partial charge in [0.2, 0.25) is 5.89 Å². The topological polar surface area (TPSA) is 88.5 Å². The summed E-state index contributed by atoms with van der Waals surface area (Å²) in [6, 6.07) is 0.531. The molecule has 0 aromatic carbocycles. The SMILES string of the molecule is CCc1nnc(N2CCN(C(=O)c3c(C)noc3C(C)C)CC2)o1. The Morgan fingerprint density at radius 1 is 1.21 bits per heavy atom. The molecular formula is C16H23N5O3. The van der Waals surface area contributed by atoms with E-state index in [0.717, 1.165) is 6.42 Å². The molecule has 1 amide bonds. The third-order valence-electron chi connectivity index (χ3n) is 4.22. The highest BCUT2D eigenvalue weighted by Gasteiger charge is 2.30. The molecule has 8 nitrogen and oxygen atoms in total. The van der Waals surface area contributed by atoms with E-state index in [4.69, 9.17) is 8.94 Å². The van der Waals surface area contributed by atoms with Gasteiger partial charge in [0.1, 0.15) is 5.56 Å². The van der Waals surface area contributed by atoms with E-state index >= 15 is 0 Å². The fourth-order valence-corrected chi connectivity index (χ4v) is 2.82. The number of hydrogen-bond acceptors (Lipinski definition) is 7. The summed E-state index contributed by atoms with van der Waals surface area (Å²) < 4.78 is 10.9. The van der Waals surface area contributed by atoms with Crippen molar-refractivity contribution in [3.8, 4) is 0 Å². The first-order chi connectivity index (χ1) is 11.5. The van der Waals surface area contributed by atoms with Gasteiger partial charge < -0.3 is 18.7 Å². The Kier molecular flexibility index (Phi) is 4.55. The smallest absolute Gasteiger partial charge is 0.318 e. The van der Waals surface area contributed by atoms with E-state index in [9.17, 15) is 4.79 Å². The molecular weight excluding hydrogens is 310 g/mol. The molecule has 0 N–H and O–H groups in total. The van der Waals surface area contributed by atoms with Crippen LogP contribution in [0.15, 0.2) is 8.94 Å². The van der Waals surface area contributed by atoms with Crippen molar-refractivity contribution in [1.29, 1.82) is 0 Å². The Morgan fingerprint density at radius 2 is 1.92 bits per heavy atom. The molecule has 130 valence electrons. The molecule has 2 aromatic heterocycles. The van der Waals surface area contributed by atoms with Crippen molar-refractivity contribution < 1.29 is 13.7 Å². The molecule has 2 aromatic rings. The van der Waals surface area contributed by atoms with Gasteiger partial charge in [0, 0.05) is 38.5 Å². The molecule has 24 heavy (non-hydrogen) atoms. The number of hydrogen-bond donors (Lipinski definition) is 0. The molecule has 8 heteroatoms. The van der Waals surface area contributed by atoms with Gasteiger partial charge in [-0.05, 0) is 6.92 Å². The minimum atomic E-state index is -0.0168. The molecule has 1 fully saturated rings. The van der Waals surface area contributed by atoms with Crippen molar-refractivity contribution in [2.24, 2.45) is 0 Å². The summed E-state index contributed by atoms with van der Waals surface area (Å²) in [5.74, 6) is 1.39. The number of carbonyl (C=O) groups is 1. The molecule has 1 saturated heterocycles. The van der Waals surface area contributed by atoms with Crippen LogP contribution in [0.4, 0.5) is 6.01 Å². The van der Waals surface area contributed by atoms with Crippen LogP contribution in [-0.2, 0) is 6.42 Å². The second-order valence-corrected chi connectivity index (χ2v) is 6.27. The molecule has 0 saturated carbocycles. The second-order valence-electron chi connectivity index (χ2n) is 6.27. The van der Waals surface area contributed by atoms with Crippen LogP contribution in [0.25, 0.3) is 0 Å². The van der Waals surface area contributed by atoms with Crippen LogP contribution >= 0.6 is 0 Å². The van der Waals surface area contributed by atoms with Crippen LogP contribution in [0.2, 0.25) is 0 Å². The van der Waals surface area contributed by atoms with E-state index in [1.807, 2.05) is 37.5 Å². The standard InChI is InChI=1S/C16H23N5O3/c1-5-12-17-18-16(23-12)21-8-6-20(7-9-21)15(22)13-11(4)19-24-14(13)10(2)3/h10H,5-9H2,1-4H3. The number of carbonyl (C=O) groups excluding carboxylic acids is 1. The summed E-state index contributed by atoms with van der Waals surface area (Å²) in [7, 11) is 0.